The lowest BCUT2D eigenvalue weighted by atomic mass is 10.0. The van der Waals surface area contributed by atoms with Crippen molar-refractivity contribution in [1.29, 1.82) is 0 Å². The SMILES string of the molecule is C[C@@H]1O[C@H](Sc2ccccc2)[C@@H](OCc2ccccc2)[C@@H]2OC(c3ccccc3)O[C@@H]21. The van der Waals surface area contributed by atoms with E-state index in [2.05, 4.69) is 31.2 Å². The third kappa shape index (κ3) is 4.71. The fourth-order valence-electron chi connectivity index (χ4n) is 4.07. The maximum Gasteiger partial charge on any atom is 0.184 e. The van der Waals surface area contributed by atoms with Gasteiger partial charge in [0.1, 0.15) is 23.7 Å². The molecule has 0 saturated carbocycles. The molecule has 0 bridgehead atoms. The van der Waals surface area contributed by atoms with Crippen molar-refractivity contribution in [2.75, 3.05) is 0 Å². The highest BCUT2D eigenvalue weighted by molar-refractivity contribution is 7.99. The molecule has 0 spiro atoms. The standard InChI is InChI=1S/C26H26O4S/c1-18-22-23(30-25(29-22)20-13-7-3-8-14-20)24(27-17-19-11-5-2-6-12-19)26(28-18)31-21-15-9-4-10-16-21/h2-16,18,22-26H,17H2,1H3/t18-,22+,23+,24-,25?,26+/m0/s1. The van der Waals surface area contributed by atoms with Crippen molar-refractivity contribution in [3.8, 4) is 0 Å². The first-order valence-corrected chi connectivity index (χ1v) is 11.5. The van der Waals surface area contributed by atoms with E-state index in [-0.39, 0.29) is 29.9 Å². The van der Waals surface area contributed by atoms with E-state index in [1.165, 1.54) is 0 Å². The molecule has 6 atom stereocenters. The van der Waals surface area contributed by atoms with Gasteiger partial charge < -0.3 is 18.9 Å². The first-order chi connectivity index (χ1) is 15.3. The predicted molar refractivity (Wildman–Crippen MR) is 121 cm³/mol. The molecule has 2 aliphatic rings. The Balaban J connectivity index is 1.39. The van der Waals surface area contributed by atoms with Gasteiger partial charge in [0.25, 0.3) is 0 Å². The highest BCUT2D eigenvalue weighted by atomic mass is 32.2. The Morgan fingerprint density at radius 3 is 2.06 bits per heavy atom. The Bertz CT molecular complexity index is 953. The molecule has 3 aromatic rings. The molecule has 160 valence electrons. The van der Waals surface area contributed by atoms with Gasteiger partial charge in [-0.25, -0.2) is 0 Å². The van der Waals surface area contributed by atoms with E-state index in [0.29, 0.717) is 6.61 Å². The van der Waals surface area contributed by atoms with Crippen LogP contribution in [0.1, 0.15) is 24.3 Å². The largest absolute Gasteiger partial charge is 0.367 e. The van der Waals surface area contributed by atoms with Gasteiger partial charge in [-0.2, -0.15) is 0 Å². The van der Waals surface area contributed by atoms with Crippen LogP contribution >= 0.6 is 11.8 Å². The number of thioether (sulfide) groups is 1. The zero-order valence-electron chi connectivity index (χ0n) is 17.4. The second kappa shape index (κ2) is 9.55. The van der Waals surface area contributed by atoms with Crippen LogP contribution in [0.4, 0.5) is 0 Å². The van der Waals surface area contributed by atoms with E-state index >= 15 is 0 Å². The second-order valence-electron chi connectivity index (χ2n) is 7.85. The molecule has 0 aliphatic carbocycles. The average molecular weight is 435 g/mol. The third-order valence-electron chi connectivity index (χ3n) is 5.64. The molecule has 4 nitrogen and oxygen atoms in total. The van der Waals surface area contributed by atoms with E-state index in [1.807, 2.05) is 66.7 Å². The fourth-order valence-corrected chi connectivity index (χ4v) is 5.25. The van der Waals surface area contributed by atoms with Crippen LogP contribution in [0.3, 0.4) is 0 Å². The molecular formula is C26H26O4S. The Morgan fingerprint density at radius 1 is 0.742 bits per heavy atom. The zero-order valence-corrected chi connectivity index (χ0v) is 18.2. The van der Waals surface area contributed by atoms with Gasteiger partial charge in [-0.3, -0.25) is 0 Å². The second-order valence-corrected chi connectivity index (χ2v) is 9.02. The molecule has 2 aliphatic heterocycles. The molecule has 31 heavy (non-hydrogen) atoms. The number of benzene rings is 3. The molecule has 0 radical (unpaired) electrons. The Kier molecular flexibility index (Phi) is 6.39. The molecule has 5 rings (SSSR count). The predicted octanol–water partition coefficient (Wildman–Crippen LogP) is 5.59. The maximum absolute atomic E-state index is 6.45. The summed E-state index contributed by atoms with van der Waals surface area (Å²) in [6, 6.07) is 30.6. The molecule has 0 amide bonds. The number of ether oxygens (including phenoxy) is 4. The van der Waals surface area contributed by atoms with Crippen molar-refractivity contribution >= 4 is 11.8 Å². The Labute approximate surface area is 187 Å². The van der Waals surface area contributed by atoms with Crippen LogP contribution < -0.4 is 0 Å². The van der Waals surface area contributed by atoms with E-state index in [1.54, 1.807) is 11.8 Å². The summed E-state index contributed by atoms with van der Waals surface area (Å²) in [6.07, 6.45) is -1.17. The van der Waals surface area contributed by atoms with Crippen molar-refractivity contribution in [1.82, 2.24) is 0 Å². The summed E-state index contributed by atoms with van der Waals surface area (Å²) >= 11 is 1.67. The van der Waals surface area contributed by atoms with Crippen LogP contribution in [0.2, 0.25) is 0 Å². The smallest absolute Gasteiger partial charge is 0.184 e. The lowest BCUT2D eigenvalue weighted by Crippen LogP contribution is -2.55. The number of rotatable bonds is 6. The van der Waals surface area contributed by atoms with Gasteiger partial charge in [0.15, 0.2) is 6.29 Å². The van der Waals surface area contributed by atoms with Gasteiger partial charge in [0.05, 0.1) is 12.7 Å². The molecule has 2 fully saturated rings. The molecule has 0 aromatic heterocycles. The minimum Gasteiger partial charge on any atom is -0.367 e. The summed E-state index contributed by atoms with van der Waals surface area (Å²) < 4.78 is 25.6. The van der Waals surface area contributed by atoms with Crippen molar-refractivity contribution in [3.05, 3.63) is 102 Å². The molecule has 1 unspecified atom stereocenters. The van der Waals surface area contributed by atoms with E-state index in [9.17, 15) is 0 Å². The number of fused-ring (bicyclic) bond motifs is 1. The molecular weight excluding hydrogens is 408 g/mol. The fraction of sp³-hybridized carbons (Fsp3) is 0.308. The number of hydrogen-bond donors (Lipinski definition) is 0. The van der Waals surface area contributed by atoms with Crippen LogP contribution in [0.25, 0.3) is 0 Å². The molecule has 5 heteroatoms. The van der Waals surface area contributed by atoms with Gasteiger partial charge in [0, 0.05) is 10.5 Å². The van der Waals surface area contributed by atoms with Crippen LogP contribution in [-0.4, -0.2) is 29.9 Å². The molecule has 2 saturated heterocycles. The van der Waals surface area contributed by atoms with Crippen molar-refractivity contribution < 1.29 is 18.9 Å². The van der Waals surface area contributed by atoms with Crippen LogP contribution in [0, 0.1) is 0 Å². The minimum atomic E-state index is -0.412. The quantitative estimate of drug-likeness (QED) is 0.505. The summed E-state index contributed by atoms with van der Waals surface area (Å²) in [6.45, 7) is 2.55. The summed E-state index contributed by atoms with van der Waals surface area (Å²) in [5.41, 5.74) is 1.94. The van der Waals surface area contributed by atoms with Crippen LogP contribution in [0.15, 0.2) is 95.9 Å². The molecule has 2 heterocycles. The molecule has 0 N–H and O–H groups in total. The zero-order chi connectivity index (χ0) is 21.0. The van der Waals surface area contributed by atoms with Crippen LogP contribution in [0.5, 0.6) is 0 Å². The topological polar surface area (TPSA) is 36.9 Å². The Hall–Kier alpha value is -2.15. The summed E-state index contributed by atoms with van der Waals surface area (Å²) in [5, 5.41) is 0. The third-order valence-corrected chi connectivity index (χ3v) is 6.80. The van der Waals surface area contributed by atoms with Crippen molar-refractivity contribution in [2.45, 2.75) is 54.6 Å². The average Bonchev–Trinajstić information content (AvgIpc) is 3.27. The van der Waals surface area contributed by atoms with Crippen molar-refractivity contribution in [2.24, 2.45) is 0 Å². The lowest BCUT2D eigenvalue weighted by molar-refractivity contribution is -0.174. The monoisotopic (exact) mass is 434 g/mol. The van der Waals surface area contributed by atoms with Gasteiger partial charge in [-0.05, 0) is 24.6 Å². The summed E-state index contributed by atoms with van der Waals surface area (Å²) in [4.78, 5) is 1.14. The maximum atomic E-state index is 6.45. The number of hydrogen-bond acceptors (Lipinski definition) is 5. The van der Waals surface area contributed by atoms with Crippen molar-refractivity contribution in [3.63, 3.8) is 0 Å². The van der Waals surface area contributed by atoms with Crippen LogP contribution in [-0.2, 0) is 25.6 Å². The van der Waals surface area contributed by atoms with E-state index in [0.717, 1.165) is 16.0 Å². The van der Waals surface area contributed by atoms with Gasteiger partial charge in [0.2, 0.25) is 0 Å². The van der Waals surface area contributed by atoms with E-state index < -0.39 is 6.29 Å². The molecule has 3 aromatic carbocycles. The first-order valence-electron chi connectivity index (χ1n) is 10.7. The normalized spacial score (nSPS) is 30.1. The minimum absolute atomic E-state index is 0.100. The van der Waals surface area contributed by atoms with Gasteiger partial charge in [-0.1, -0.05) is 90.6 Å². The van der Waals surface area contributed by atoms with Gasteiger partial charge >= 0.3 is 0 Å². The summed E-state index contributed by atoms with van der Waals surface area (Å²) in [7, 11) is 0. The highest BCUT2D eigenvalue weighted by Gasteiger charge is 2.52. The van der Waals surface area contributed by atoms with E-state index in [4.69, 9.17) is 18.9 Å². The highest BCUT2D eigenvalue weighted by Crippen LogP contribution is 2.43. The lowest BCUT2D eigenvalue weighted by Gasteiger charge is -2.40. The van der Waals surface area contributed by atoms with Gasteiger partial charge in [-0.15, -0.1) is 0 Å². The first kappa shape index (κ1) is 20.7. The summed E-state index contributed by atoms with van der Waals surface area (Å²) in [5.74, 6) is 0. The Morgan fingerprint density at radius 2 is 1.35 bits per heavy atom.